The van der Waals surface area contributed by atoms with Gasteiger partial charge in [-0.3, -0.25) is 10.1 Å². The number of carbonyl (C=O) groups excluding carboxylic acids is 1. The fourth-order valence-electron chi connectivity index (χ4n) is 0.740. The van der Waals surface area contributed by atoms with Crippen molar-refractivity contribution in [3.05, 3.63) is 0 Å². The lowest BCUT2D eigenvalue weighted by Crippen LogP contribution is -2.35. The van der Waals surface area contributed by atoms with E-state index < -0.39 is 5.41 Å². The zero-order chi connectivity index (χ0) is 10.8. The monoisotopic (exact) mass is 197 g/mol. The van der Waals surface area contributed by atoms with E-state index >= 15 is 0 Å². The number of anilines is 1. The highest BCUT2D eigenvalue weighted by atomic mass is 16.2. The van der Waals surface area contributed by atoms with Crippen LogP contribution in [-0.4, -0.2) is 26.5 Å². The van der Waals surface area contributed by atoms with E-state index in [2.05, 4.69) is 25.9 Å². The smallest absolute Gasteiger partial charge is 0.269 e. The number of hydrogen-bond donors (Lipinski definition) is 2. The summed E-state index contributed by atoms with van der Waals surface area (Å²) < 4.78 is 0. The lowest BCUT2D eigenvalue weighted by molar-refractivity contribution is -0.126. The minimum Gasteiger partial charge on any atom is -0.291 e. The Hall–Kier alpha value is -1.46. The predicted octanol–water partition coefficient (Wildman–Crippen LogP) is 0.820. The van der Waals surface area contributed by atoms with E-state index in [1.54, 1.807) is 0 Å². The molecular weight excluding hydrogens is 182 g/mol. The Morgan fingerprint density at radius 1 is 1.50 bits per heavy atom. The van der Waals surface area contributed by atoms with Crippen LogP contribution in [0, 0.1) is 11.3 Å². The molecule has 1 aromatic rings. The molecule has 0 saturated carbocycles. The first-order valence-electron chi connectivity index (χ1n) is 4.49. The fourth-order valence-corrected chi connectivity index (χ4v) is 0.740. The van der Waals surface area contributed by atoms with Gasteiger partial charge in [-0.05, 0) is 11.1 Å². The highest BCUT2D eigenvalue weighted by molar-refractivity contribution is 5.93. The van der Waals surface area contributed by atoms with Crippen molar-refractivity contribution < 1.29 is 4.79 Å². The number of hydrogen-bond acceptors (Lipinski definition) is 4. The van der Waals surface area contributed by atoms with Crippen LogP contribution in [0.2, 0.25) is 0 Å². The maximum Gasteiger partial charge on any atom is 0.269 e. The lowest BCUT2D eigenvalue weighted by Gasteiger charge is -2.26. The number of aromatic nitrogens is 4. The SMILES string of the molecule is CC(C)C(C)(C)C(=O)Nc1nn[nH]n1. The molecule has 1 amide bonds. The molecule has 0 aromatic carbocycles. The van der Waals surface area contributed by atoms with Crippen molar-refractivity contribution in [3.63, 3.8) is 0 Å². The van der Waals surface area contributed by atoms with Crippen LogP contribution in [0.15, 0.2) is 0 Å². The van der Waals surface area contributed by atoms with E-state index in [9.17, 15) is 4.79 Å². The van der Waals surface area contributed by atoms with Gasteiger partial charge in [0.2, 0.25) is 5.91 Å². The molecule has 14 heavy (non-hydrogen) atoms. The molecular formula is C8H15N5O. The average molecular weight is 197 g/mol. The number of nitrogens with one attached hydrogen (secondary N) is 2. The van der Waals surface area contributed by atoms with Crippen LogP contribution in [0.3, 0.4) is 0 Å². The number of H-pyrrole nitrogens is 1. The number of amides is 1. The quantitative estimate of drug-likeness (QED) is 0.751. The normalized spacial score (nSPS) is 11.8. The maximum absolute atomic E-state index is 11.7. The molecule has 1 aromatic heterocycles. The van der Waals surface area contributed by atoms with Crippen LogP contribution in [0.5, 0.6) is 0 Å². The molecule has 0 radical (unpaired) electrons. The molecule has 0 aliphatic heterocycles. The average Bonchev–Trinajstić information content (AvgIpc) is 2.56. The maximum atomic E-state index is 11.7. The molecule has 78 valence electrons. The molecule has 6 nitrogen and oxygen atoms in total. The van der Waals surface area contributed by atoms with Crippen LogP contribution < -0.4 is 5.32 Å². The largest absolute Gasteiger partial charge is 0.291 e. The standard InChI is InChI=1S/C8H15N5O/c1-5(2)8(3,4)6(14)9-7-10-12-13-11-7/h5H,1-4H3,(H2,9,10,11,12,13,14). The number of aromatic amines is 1. The molecule has 0 fully saturated rings. The van der Waals surface area contributed by atoms with Crippen molar-refractivity contribution in [1.29, 1.82) is 0 Å². The molecule has 0 unspecified atom stereocenters. The Morgan fingerprint density at radius 2 is 2.14 bits per heavy atom. The summed E-state index contributed by atoms with van der Waals surface area (Å²) in [6.07, 6.45) is 0. The van der Waals surface area contributed by atoms with Crippen LogP contribution >= 0.6 is 0 Å². The molecule has 1 rings (SSSR count). The first kappa shape index (κ1) is 10.6. The van der Waals surface area contributed by atoms with Gasteiger partial charge in [-0.15, -0.1) is 5.10 Å². The van der Waals surface area contributed by atoms with Gasteiger partial charge in [0.05, 0.1) is 0 Å². The Morgan fingerprint density at radius 3 is 2.57 bits per heavy atom. The van der Waals surface area contributed by atoms with Gasteiger partial charge in [-0.1, -0.05) is 32.8 Å². The van der Waals surface area contributed by atoms with Crippen molar-refractivity contribution in [2.45, 2.75) is 27.7 Å². The predicted molar refractivity (Wildman–Crippen MR) is 51.4 cm³/mol. The number of carbonyl (C=O) groups is 1. The highest BCUT2D eigenvalue weighted by Gasteiger charge is 2.31. The second-order valence-corrected chi connectivity index (χ2v) is 4.07. The second kappa shape index (κ2) is 3.73. The van der Waals surface area contributed by atoms with Gasteiger partial charge < -0.3 is 0 Å². The first-order chi connectivity index (χ1) is 6.44. The molecule has 0 spiro atoms. The van der Waals surface area contributed by atoms with Crippen LogP contribution in [0.25, 0.3) is 0 Å². The number of tetrazole rings is 1. The van der Waals surface area contributed by atoms with Gasteiger partial charge in [0, 0.05) is 5.41 Å². The first-order valence-corrected chi connectivity index (χ1v) is 4.49. The molecule has 0 atom stereocenters. The zero-order valence-corrected chi connectivity index (χ0v) is 8.83. The summed E-state index contributed by atoms with van der Waals surface area (Å²) in [6.45, 7) is 7.76. The van der Waals surface area contributed by atoms with E-state index in [1.807, 2.05) is 27.7 Å². The summed E-state index contributed by atoms with van der Waals surface area (Å²) in [7, 11) is 0. The van der Waals surface area contributed by atoms with E-state index in [0.29, 0.717) is 0 Å². The van der Waals surface area contributed by atoms with Gasteiger partial charge in [0.1, 0.15) is 0 Å². The molecule has 2 N–H and O–H groups in total. The van der Waals surface area contributed by atoms with Gasteiger partial charge >= 0.3 is 0 Å². The third-order valence-electron chi connectivity index (χ3n) is 2.60. The summed E-state index contributed by atoms with van der Waals surface area (Å²) in [5.41, 5.74) is -0.444. The van der Waals surface area contributed by atoms with Crippen molar-refractivity contribution in [2.24, 2.45) is 11.3 Å². The summed E-state index contributed by atoms with van der Waals surface area (Å²) in [6, 6.07) is 0. The molecule has 6 heteroatoms. The van der Waals surface area contributed by atoms with E-state index in [-0.39, 0.29) is 17.8 Å². The van der Waals surface area contributed by atoms with Gasteiger partial charge in [-0.2, -0.15) is 5.21 Å². The van der Waals surface area contributed by atoms with Gasteiger partial charge in [0.15, 0.2) is 0 Å². The molecule has 0 saturated heterocycles. The van der Waals surface area contributed by atoms with Crippen LogP contribution in [0.1, 0.15) is 27.7 Å². The molecule has 1 heterocycles. The lowest BCUT2D eigenvalue weighted by atomic mass is 9.80. The van der Waals surface area contributed by atoms with Crippen LogP contribution in [-0.2, 0) is 4.79 Å². The Bertz CT molecular complexity index is 304. The minimum absolute atomic E-state index is 0.103. The van der Waals surface area contributed by atoms with Crippen molar-refractivity contribution >= 4 is 11.9 Å². The topological polar surface area (TPSA) is 83.6 Å². The van der Waals surface area contributed by atoms with Crippen molar-refractivity contribution in [2.75, 3.05) is 5.32 Å². The zero-order valence-electron chi connectivity index (χ0n) is 8.83. The summed E-state index contributed by atoms with van der Waals surface area (Å²) in [4.78, 5) is 11.7. The van der Waals surface area contributed by atoms with Gasteiger partial charge in [-0.25, -0.2) is 0 Å². The third kappa shape index (κ3) is 2.07. The Labute approximate surface area is 82.5 Å². The Balaban J connectivity index is 2.67. The summed E-state index contributed by atoms with van der Waals surface area (Å²) in [5, 5.41) is 15.5. The summed E-state index contributed by atoms with van der Waals surface area (Å²) >= 11 is 0. The molecule has 0 bridgehead atoms. The van der Waals surface area contributed by atoms with Crippen LogP contribution in [0.4, 0.5) is 5.95 Å². The molecule has 0 aliphatic carbocycles. The minimum atomic E-state index is -0.444. The molecule has 0 aliphatic rings. The highest BCUT2D eigenvalue weighted by Crippen LogP contribution is 2.26. The van der Waals surface area contributed by atoms with E-state index in [1.165, 1.54) is 0 Å². The van der Waals surface area contributed by atoms with E-state index in [0.717, 1.165) is 0 Å². The number of rotatable bonds is 3. The van der Waals surface area contributed by atoms with Crippen molar-refractivity contribution in [3.8, 4) is 0 Å². The summed E-state index contributed by atoms with van der Waals surface area (Å²) in [5.74, 6) is 0.354. The number of nitrogens with zero attached hydrogens (tertiary/aromatic N) is 3. The Kier molecular flexibility index (Phi) is 2.83. The third-order valence-corrected chi connectivity index (χ3v) is 2.60. The van der Waals surface area contributed by atoms with Gasteiger partial charge in [0.25, 0.3) is 5.95 Å². The van der Waals surface area contributed by atoms with Crippen molar-refractivity contribution in [1.82, 2.24) is 20.6 Å². The fraction of sp³-hybridized carbons (Fsp3) is 0.750. The second-order valence-electron chi connectivity index (χ2n) is 4.07. The van der Waals surface area contributed by atoms with E-state index in [4.69, 9.17) is 0 Å².